The molecule has 0 saturated carbocycles. The fraction of sp³-hybridized carbons (Fsp3) is 0.0909. The van der Waals surface area contributed by atoms with Crippen LogP contribution in [0.15, 0.2) is 24.4 Å². The van der Waals surface area contributed by atoms with Gasteiger partial charge < -0.3 is 16.2 Å². The number of anilines is 2. The standard InChI is InChI=1S/C11H11IN4O2/c1-16-10(8(13)5-14-16)15-11(18)7-4-6(12)2-3-9(7)17/h2-5,17H,13H2,1H3,(H,15,18). The lowest BCUT2D eigenvalue weighted by molar-refractivity contribution is 0.102. The number of nitrogens with two attached hydrogens (primary N) is 1. The number of benzene rings is 1. The lowest BCUT2D eigenvalue weighted by atomic mass is 10.2. The summed E-state index contributed by atoms with van der Waals surface area (Å²) < 4.78 is 2.31. The monoisotopic (exact) mass is 358 g/mol. The molecule has 6 nitrogen and oxygen atoms in total. The van der Waals surface area contributed by atoms with E-state index in [1.165, 1.54) is 16.9 Å². The number of halogens is 1. The average molecular weight is 358 g/mol. The van der Waals surface area contributed by atoms with Crippen molar-refractivity contribution in [3.63, 3.8) is 0 Å². The van der Waals surface area contributed by atoms with Gasteiger partial charge in [-0.2, -0.15) is 5.10 Å². The van der Waals surface area contributed by atoms with Crippen LogP contribution in [0.4, 0.5) is 11.5 Å². The van der Waals surface area contributed by atoms with Gasteiger partial charge in [-0.15, -0.1) is 0 Å². The Hall–Kier alpha value is -1.77. The molecule has 1 heterocycles. The minimum Gasteiger partial charge on any atom is -0.507 e. The van der Waals surface area contributed by atoms with E-state index in [9.17, 15) is 9.90 Å². The van der Waals surface area contributed by atoms with Gasteiger partial charge in [0.25, 0.3) is 5.91 Å². The number of carbonyl (C=O) groups excluding carboxylic acids is 1. The van der Waals surface area contributed by atoms with Crippen LogP contribution in [0.1, 0.15) is 10.4 Å². The van der Waals surface area contributed by atoms with Crippen molar-refractivity contribution < 1.29 is 9.90 Å². The largest absolute Gasteiger partial charge is 0.507 e. The Balaban J connectivity index is 2.30. The van der Waals surface area contributed by atoms with Crippen LogP contribution < -0.4 is 11.1 Å². The van der Waals surface area contributed by atoms with Crippen molar-refractivity contribution in [2.45, 2.75) is 0 Å². The molecular formula is C11H11IN4O2. The Bertz CT molecular complexity index is 590. The van der Waals surface area contributed by atoms with Gasteiger partial charge in [0.05, 0.1) is 17.4 Å². The van der Waals surface area contributed by atoms with Gasteiger partial charge in [-0.3, -0.25) is 9.48 Å². The third kappa shape index (κ3) is 2.40. The van der Waals surface area contributed by atoms with E-state index in [4.69, 9.17) is 5.73 Å². The number of nitrogens with zero attached hydrogens (tertiary/aromatic N) is 2. The molecule has 0 atom stereocenters. The van der Waals surface area contributed by atoms with Gasteiger partial charge in [0.2, 0.25) is 0 Å². The third-order valence-electron chi connectivity index (χ3n) is 2.40. The number of nitrogens with one attached hydrogen (secondary N) is 1. The molecular weight excluding hydrogens is 347 g/mol. The predicted molar refractivity (Wildman–Crippen MR) is 76.4 cm³/mol. The highest BCUT2D eigenvalue weighted by Crippen LogP contribution is 2.22. The molecule has 7 heteroatoms. The molecule has 2 rings (SSSR count). The van der Waals surface area contributed by atoms with Gasteiger partial charge in [-0.1, -0.05) is 0 Å². The number of aryl methyl sites for hydroxylation is 1. The minimum atomic E-state index is -0.429. The van der Waals surface area contributed by atoms with E-state index in [-0.39, 0.29) is 11.3 Å². The number of phenolic OH excluding ortho intramolecular Hbond substituents is 1. The van der Waals surface area contributed by atoms with Crippen LogP contribution in [-0.2, 0) is 7.05 Å². The lowest BCUT2D eigenvalue weighted by Gasteiger charge is -2.08. The molecule has 0 saturated heterocycles. The van der Waals surface area contributed by atoms with Crippen LogP contribution >= 0.6 is 22.6 Å². The van der Waals surface area contributed by atoms with E-state index in [0.717, 1.165) is 3.57 Å². The van der Waals surface area contributed by atoms with E-state index < -0.39 is 5.91 Å². The Morgan fingerprint density at radius 2 is 2.28 bits per heavy atom. The number of rotatable bonds is 2. The first kappa shape index (κ1) is 12.7. The van der Waals surface area contributed by atoms with Crippen molar-refractivity contribution in [1.29, 1.82) is 0 Å². The zero-order valence-corrected chi connectivity index (χ0v) is 11.7. The topological polar surface area (TPSA) is 93.2 Å². The smallest absolute Gasteiger partial charge is 0.260 e. The molecule has 0 unspecified atom stereocenters. The van der Waals surface area contributed by atoms with Gasteiger partial charge in [0.15, 0.2) is 5.82 Å². The molecule has 0 aliphatic rings. The second-order valence-corrected chi connectivity index (χ2v) is 4.93. The number of amides is 1. The molecule has 0 fully saturated rings. The summed E-state index contributed by atoms with van der Waals surface area (Å²) >= 11 is 2.07. The van der Waals surface area contributed by atoms with E-state index in [0.29, 0.717) is 11.5 Å². The number of hydrogen-bond acceptors (Lipinski definition) is 4. The molecule has 1 aromatic carbocycles. The van der Waals surface area contributed by atoms with Crippen molar-refractivity contribution >= 4 is 40.0 Å². The fourth-order valence-corrected chi connectivity index (χ4v) is 1.96. The number of hydrogen-bond donors (Lipinski definition) is 3. The molecule has 2 aromatic rings. The first-order chi connectivity index (χ1) is 8.49. The molecule has 1 aromatic heterocycles. The molecule has 0 aliphatic carbocycles. The van der Waals surface area contributed by atoms with Gasteiger partial charge in [0, 0.05) is 10.6 Å². The SMILES string of the molecule is Cn1ncc(N)c1NC(=O)c1cc(I)ccc1O. The van der Waals surface area contributed by atoms with Crippen molar-refractivity contribution in [2.24, 2.45) is 7.05 Å². The van der Waals surface area contributed by atoms with Crippen LogP contribution in [0.25, 0.3) is 0 Å². The summed E-state index contributed by atoms with van der Waals surface area (Å²) in [6.07, 6.45) is 1.45. The fourth-order valence-electron chi connectivity index (χ4n) is 1.47. The highest BCUT2D eigenvalue weighted by atomic mass is 127. The van der Waals surface area contributed by atoms with Crippen molar-refractivity contribution in [2.75, 3.05) is 11.1 Å². The van der Waals surface area contributed by atoms with Crippen LogP contribution in [0.2, 0.25) is 0 Å². The maximum Gasteiger partial charge on any atom is 0.260 e. The number of phenols is 1. The summed E-state index contributed by atoms with van der Waals surface area (Å²) in [7, 11) is 1.67. The first-order valence-electron chi connectivity index (χ1n) is 5.06. The highest BCUT2D eigenvalue weighted by molar-refractivity contribution is 14.1. The molecule has 0 bridgehead atoms. The van der Waals surface area contributed by atoms with Crippen molar-refractivity contribution in [3.05, 3.63) is 33.5 Å². The zero-order chi connectivity index (χ0) is 13.3. The minimum absolute atomic E-state index is 0.0753. The van der Waals surface area contributed by atoms with Gasteiger partial charge in [-0.25, -0.2) is 0 Å². The van der Waals surface area contributed by atoms with E-state index in [2.05, 4.69) is 33.0 Å². The van der Waals surface area contributed by atoms with Crippen LogP contribution in [0.3, 0.4) is 0 Å². The normalized spacial score (nSPS) is 10.3. The predicted octanol–water partition coefficient (Wildman–Crippen LogP) is 1.56. The second-order valence-electron chi connectivity index (χ2n) is 3.69. The number of nitrogen functional groups attached to an aromatic ring is 1. The van der Waals surface area contributed by atoms with Gasteiger partial charge >= 0.3 is 0 Å². The van der Waals surface area contributed by atoms with Crippen molar-refractivity contribution in [1.82, 2.24) is 9.78 Å². The summed E-state index contributed by atoms with van der Waals surface area (Å²) in [5.74, 6) is -0.103. The Morgan fingerprint density at radius 1 is 1.56 bits per heavy atom. The molecule has 0 spiro atoms. The third-order valence-corrected chi connectivity index (χ3v) is 3.07. The molecule has 1 amide bonds. The summed E-state index contributed by atoms with van der Waals surface area (Å²) in [5.41, 5.74) is 6.24. The Morgan fingerprint density at radius 3 is 2.89 bits per heavy atom. The van der Waals surface area contributed by atoms with Gasteiger partial charge in [0.1, 0.15) is 5.75 Å². The molecule has 94 valence electrons. The van der Waals surface area contributed by atoms with E-state index >= 15 is 0 Å². The van der Waals surface area contributed by atoms with E-state index in [1.807, 2.05) is 0 Å². The second kappa shape index (κ2) is 4.84. The van der Waals surface area contributed by atoms with Crippen LogP contribution in [0.5, 0.6) is 5.75 Å². The summed E-state index contributed by atoms with van der Waals surface area (Å²) in [6.45, 7) is 0. The maximum atomic E-state index is 12.0. The zero-order valence-electron chi connectivity index (χ0n) is 9.51. The lowest BCUT2D eigenvalue weighted by Crippen LogP contribution is -2.16. The van der Waals surface area contributed by atoms with Gasteiger partial charge in [-0.05, 0) is 40.8 Å². The van der Waals surface area contributed by atoms with Crippen molar-refractivity contribution in [3.8, 4) is 5.75 Å². The number of aromatic hydroxyl groups is 1. The molecule has 18 heavy (non-hydrogen) atoms. The van der Waals surface area contributed by atoms with Crippen LogP contribution in [0, 0.1) is 3.57 Å². The Kier molecular flexibility index (Phi) is 3.41. The summed E-state index contributed by atoms with van der Waals surface area (Å²) in [4.78, 5) is 12.0. The summed E-state index contributed by atoms with van der Waals surface area (Å²) in [6, 6.07) is 4.78. The average Bonchev–Trinajstić information content (AvgIpc) is 2.64. The first-order valence-corrected chi connectivity index (χ1v) is 6.14. The summed E-state index contributed by atoms with van der Waals surface area (Å²) in [5, 5.41) is 16.2. The quantitative estimate of drug-likeness (QED) is 0.711. The Labute approximate surface area is 117 Å². The molecule has 4 N–H and O–H groups in total. The maximum absolute atomic E-state index is 12.0. The highest BCUT2D eigenvalue weighted by Gasteiger charge is 2.15. The molecule has 0 aliphatic heterocycles. The number of aromatic nitrogens is 2. The van der Waals surface area contributed by atoms with Crippen LogP contribution in [-0.4, -0.2) is 20.8 Å². The molecule has 0 radical (unpaired) electrons. The van der Waals surface area contributed by atoms with E-state index in [1.54, 1.807) is 19.2 Å². The number of carbonyl (C=O) groups is 1.